The van der Waals surface area contributed by atoms with Crippen molar-refractivity contribution >= 4 is 51.4 Å². The summed E-state index contributed by atoms with van der Waals surface area (Å²) in [5.41, 5.74) is 3.53. The Balaban J connectivity index is 2.22. The lowest BCUT2D eigenvalue weighted by Gasteiger charge is -2.10. The van der Waals surface area contributed by atoms with Crippen LogP contribution in [-0.2, 0) is 0 Å². The number of nitrogens with zero attached hydrogens (tertiary/aromatic N) is 2. The summed E-state index contributed by atoms with van der Waals surface area (Å²) in [7, 11) is 0. The molecule has 0 amide bonds. The average Bonchev–Trinajstić information content (AvgIpc) is 2.67. The molecule has 2 aromatic rings. The molecule has 0 aliphatic carbocycles. The smallest absolute Gasteiger partial charge is 0.0951 e. The molecule has 106 valence electrons. The van der Waals surface area contributed by atoms with Crippen LogP contribution in [0.3, 0.4) is 0 Å². The largest absolute Gasteiger partial charge is 0.277 e. The van der Waals surface area contributed by atoms with E-state index in [1.54, 1.807) is 11.8 Å². The van der Waals surface area contributed by atoms with E-state index in [4.69, 9.17) is 28.2 Å². The molecule has 2 nitrogen and oxygen atoms in total. The van der Waals surface area contributed by atoms with Crippen LogP contribution in [0, 0.1) is 0 Å². The number of halogens is 2. The highest BCUT2D eigenvalue weighted by molar-refractivity contribution is 8.13. The van der Waals surface area contributed by atoms with Crippen molar-refractivity contribution in [1.82, 2.24) is 0 Å². The van der Waals surface area contributed by atoms with Crippen LogP contribution in [0.4, 0.5) is 5.69 Å². The molecule has 0 spiro atoms. The molecule has 0 saturated carbocycles. The quantitative estimate of drug-likeness (QED) is 0.700. The standard InChI is InChI=1S/C16H12Cl2N2S/c1-21-15-9-19-16(11-4-2-3-5-13(11)18)12-8-10(17)6-7-14(12)20-15/h2-8H,9H2,1H3. The van der Waals surface area contributed by atoms with Crippen molar-refractivity contribution < 1.29 is 0 Å². The maximum Gasteiger partial charge on any atom is 0.0951 e. The van der Waals surface area contributed by atoms with Gasteiger partial charge in [-0.15, -0.1) is 11.8 Å². The highest BCUT2D eigenvalue weighted by atomic mass is 35.5. The van der Waals surface area contributed by atoms with Gasteiger partial charge < -0.3 is 0 Å². The third kappa shape index (κ3) is 3.00. The van der Waals surface area contributed by atoms with Crippen LogP contribution in [0.1, 0.15) is 11.1 Å². The Hall–Kier alpha value is -1.29. The first kappa shape index (κ1) is 14.6. The Morgan fingerprint density at radius 2 is 1.86 bits per heavy atom. The highest BCUT2D eigenvalue weighted by Gasteiger charge is 2.18. The summed E-state index contributed by atoms with van der Waals surface area (Å²) >= 11 is 14.1. The number of benzene rings is 2. The van der Waals surface area contributed by atoms with E-state index >= 15 is 0 Å². The normalized spacial score (nSPS) is 14.0. The van der Waals surface area contributed by atoms with Gasteiger partial charge in [0.2, 0.25) is 0 Å². The summed E-state index contributed by atoms with van der Waals surface area (Å²) in [4.78, 5) is 9.38. The molecule has 3 rings (SSSR count). The summed E-state index contributed by atoms with van der Waals surface area (Å²) in [6.45, 7) is 0.550. The molecule has 21 heavy (non-hydrogen) atoms. The van der Waals surface area contributed by atoms with E-state index in [-0.39, 0.29) is 0 Å². The fourth-order valence-corrected chi connectivity index (χ4v) is 2.97. The van der Waals surface area contributed by atoms with Crippen molar-refractivity contribution in [2.24, 2.45) is 9.98 Å². The molecule has 0 saturated heterocycles. The molecule has 0 fully saturated rings. The van der Waals surface area contributed by atoms with Gasteiger partial charge in [0.05, 0.1) is 23.0 Å². The first-order chi connectivity index (χ1) is 10.2. The summed E-state index contributed by atoms with van der Waals surface area (Å²) < 4.78 is 0. The monoisotopic (exact) mass is 334 g/mol. The lowest BCUT2D eigenvalue weighted by atomic mass is 10.0. The van der Waals surface area contributed by atoms with Gasteiger partial charge in [-0.2, -0.15) is 0 Å². The van der Waals surface area contributed by atoms with Crippen molar-refractivity contribution in [1.29, 1.82) is 0 Å². The first-order valence-electron chi connectivity index (χ1n) is 6.40. The Labute approximate surface area is 137 Å². The van der Waals surface area contributed by atoms with Crippen molar-refractivity contribution in [3.05, 3.63) is 63.6 Å². The minimum Gasteiger partial charge on any atom is -0.277 e. The summed E-state index contributed by atoms with van der Waals surface area (Å²) in [5.74, 6) is 0. The number of fused-ring (bicyclic) bond motifs is 1. The molecule has 0 radical (unpaired) electrons. The van der Waals surface area contributed by atoms with E-state index < -0.39 is 0 Å². The van der Waals surface area contributed by atoms with Gasteiger partial charge in [0, 0.05) is 21.2 Å². The van der Waals surface area contributed by atoms with E-state index in [9.17, 15) is 0 Å². The fourth-order valence-electron chi connectivity index (χ4n) is 2.19. The Morgan fingerprint density at radius 3 is 2.62 bits per heavy atom. The van der Waals surface area contributed by atoms with Crippen LogP contribution in [0.2, 0.25) is 10.0 Å². The van der Waals surface area contributed by atoms with Crippen LogP contribution >= 0.6 is 35.0 Å². The van der Waals surface area contributed by atoms with E-state index in [0.717, 1.165) is 27.6 Å². The molecular weight excluding hydrogens is 323 g/mol. The lowest BCUT2D eigenvalue weighted by Crippen LogP contribution is -2.05. The van der Waals surface area contributed by atoms with Gasteiger partial charge in [0.25, 0.3) is 0 Å². The zero-order chi connectivity index (χ0) is 14.8. The topological polar surface area (TPSA) is 24.7 Å². The minimum atomic E-state index is 0.550. The molecule has 0 bridgehead atoms. The Kier molecular flexibility index (Phi) is 4.34. The van der Waals surface area contributed by atoms with Crippen LogP contribution in [0.5, 0.6) is 0 Å². The van der Waals surface area contributed by atoms with Crippen LogP contribution in [0.15, 0.2) is 52.4 Å². The van der Waals surface area contributed by atoms with Crippen molar-refractivity contribution in [2.45, 2.75) is 0 Å². The maximum atomic E-state index is 6.33. The minimum absolute atomic E-state index is 0.550. The number of hydrogen-bond acceptors (Lipinski definition) is 3. The molecule has 0 N–H and O–H groups in total. The molecule has 0 unspecified atom stereocenters. The van der Waals surface area contributed by atoms with Crippen LogP contribution in [0.25, 0.3) is 0 Å². The number of thioether (sulfide) groups is 1. The SMILES string of the molecule is CSC1=Nc2ccc(Cl)cc2C(c2ccccc2Cl)=NC1. The van der Waals surface area contributed by atoms with Crippen LogP contribution in [-0.4, -0.2) is 23.6 Å². The third-order valence-corrected chi connectivity index (χ3v) is 4.45. The lowest BCUT2D eigenvalue weighted by molar-refractivity contribution is 1.32. The van der Waals surface area contributed by atoms with Crippen molar-refractivity contribution in [3.8, 4) is 0 Å². The van der Waals surface area contributed by atoms with Crippen LogP contribution < -0.4 is 0 Å². The van der Waals surface area contributed by atoms with Gasteiger partial charge in [0.15, 0.2) is 0 Å². The molecule has 1 aliphatic heterocycles. The average molecular weight is 335 g/mol. The molecular formula is C16H12Cl2N2S. The highest BCUT2D eigenvalue weighted by Crippen LogP contribution is 2.31. The number of hydrogen-bond donors (Lipinski definition) is 0. The predicted octanol–water partition coefficient (Wildman–Crippen LogP) is 5.24. The maximum absolute atomic E-state index is 6.33. The zero-order valence-electron chi connectivity index (χ0n) is 11.3. The Bertz CT molecular complexity index is 754. The van der Waals surface area contributed by atoms with Crippen molar-refractivity contribution in [3.63, 3.8) is 0 Å². The van der Waals surface area contributed by atoms with Gasteiger partial charge in [-0.05, 0) is 30.5 Å². The second kappa shape index (κ2) is 6.22. The second-order valence-electron chi connectivity index (χ2n) is 4.52. The summed E-state index contributed by atoms with van der Waals surface area (Å²) in [5, 5.41) is 2.31. The molecule has 0 aromatic heterocycles. The van der Waals surface area contributed by atoms with E-state index in [0.29, 0.717) is 16.6 Å². The van der Waals surface area contributed by atoms with Gasteiger partial charge in [0.1, 0.15) is 0 Å². The first-order valence-corrected chi connectivity index (χ1v) is 8.38. The molecule has 2 aromatic carbocycles. The van der Waals surface area contributed by atoms with Gasteiger partial charge in [-0.25, -0.2) is 4.99 Å². The summed E-state index contributed by atoms with van der Waals surface area (Å²) in [6, 6.07) is 13.4. The predicted molar refractivity (Wildman–Crippen MR) is 94.0 cm³/mol. The van der Waals surface area contributed by atoms with E-state index in [1.165, 1.54) is 0 Å². The molecule has 1 heterocycles. The Morgan fingerprint density at radius 1 is 1.05 bits per heavy atom. The van der Waals surface area contributed by atoms with Gasteiger partial charge in [-0.3, -0.25) is 4.99 Å². The van der Waals surface area contributed by atoms with Gasteiger partial charge in [-0.1, -0.05) is 41.4 Å². The summed E-state index contributed by atoms with van der Waals surface area (Å²) in [6.07, 6.45) is 2.00. The molecule has 5 heteroatoms. The number of rotatable bonds is 1. The van der Waals surface area contributed by atoms with E-state index in [2.05, 4.69) is 4.99 Å². The van der Waals surface area contributed by atoms with Crippen molar-refractivity contribution in [2.75, 3.05) is 12.8 Å². The fraction of sp³-hybridized carbons (Fsp3) is 0.125. The molecule has 0 atom stereocenters. The van der Waals surface area contributed by atoms with E-state index in [1.807, 2.05) is 48.7 Å². The second-order valence-corrected chi connectivity index (χ2v) is 6.24. The zero-order valence-corrected chi connectivity index (χ0v) is 13.6. The van der Waals surface area contributed by atoms with Gasteiger partial charge >= 0.3 is 0 Å². The third-order valence-electron chi connectivity index (χ3n) is 3.20. The number of aliphatic imine (C=N–C) groups is 2. The molecule has 1 aliphatic rings.